The number of rotatable bonds is 4. The molecule has 1 rings (SSSR count). The van der Waals surface area contributed by atoms with Crippen LogP contribution in [0.1, 0.15) is 12.5 Å². The van der Waals surface area contributed by atoms with Gasteiger partial charge in [0.05, 0.1) is 7.11 Å². The summed E-state index contributed by atoms with van der Waals surface area (Å²) in [6, 6.07) is 5.45. The largest absolute Gasteiger partial charge is 0.468 e. The van der Waals surface area contributed by atoms with E-state index >= 15 is 0 Å². The summed E-state index contributed by atoms with van der Waals surface area (Å²) in [4.78, 5) is 22.0. The van der Waals surface area contributed by atoms with Gasteiger partial charge in [0.25, 0.3) is 0 Å². The second kappa shape index (κ2) is 5.89. The Hall–Kier alpha value is -2.04. The first-order valence-electron chi connectivity index (χ1n) is 5.22. The van der Waals surface area contributed by atoms with E-state index in [-0.39, 0.29) is 18.4 Å². The molecule has 1 aromatic rings. The molecular weight excluding hydrogens is 220 g/mol. The molecule has 0 aliphatic heterocycles. The zero-order chi connectivity index (χ0) is 12.8. The van der Waals surface area contributed by atoms with Crippen LogP contribution in [-0.4, -0.2) is 25.5 Å². The minimum Gasteiger partial charge on any atom is -0.468 e. The molecule has 0 radical (unpaired) electrons. The molecule has 0 heterocycles. The van der Waals surface area contributed by atoms with Gasteiger partial charge in [-0.25, -0.2) is 0 Å². The Balaban J connectivity index is 2.79. The smallest absolute Gasteiger partial charge is 0.325 e. The molecule has 0 spiro atoms. The van der Waals surface area contributed by atoms with Gasteiger partial charge in [0.1, 0.15) is 6.54 Å². The molecule has 0 unspecified atom stereocenters. The van der Waals surface area contributed by atoms with Crippen molar-refractivity contribution in [2.45, 2.75) is 13.8 Å². The normalized spacial score (nSPS) is 9.59. The first kappa shape index (κ1) is 13.0. The Morgan fingerprint density at radius 1 is 1.29 bits per heavy atom. The summed E-state index contributed by atoms with van der Waals surface area (Å²) < 4.78 is 4.54. The molecule has 0 saturated carbocycles. The van der Waals surface area contributed by atoms with E-state index in [4.69, 9.17) is 0 Å². The van der Waals surface area contributed by atoms with Crippen LogP contribution in [0.2, 0.25) is 0 Å². The first-order valence-corrected chi connectivity index (χ1v) is 5.22. The Morgan fingerprint density at radius 2 is 1.94 bits per heavy atom. The fourth-order valence-electron chi connectivity index (χ4n) is 1.39. The zero-order valence-corrected chi connectivity index (χ0v) is 10.2. The Labute approximate surface area is 100 Å². The number of hydrogen-bond acceptors (Lipinski definition) is 4. The van der Waals surface area contributed by atoms with Crippen molar-refractivity contribution in [1.29, 1.82) is 0 Å². The van der Waals surface area contributed by atoms with Gasteiger partial charge in [-0.15, -0.1) is 0 Å². The maximum Gasteiger partial charge on any atom is 0.325 e. The van der Waals surface area contributed by atoms with Crippen molar-refractivity contribution >= 4 is 23.3 Å². The predicted octanol–water partition coefficient (Wildman–Crippen LogP) is 1.54. The number of ether oxygens (including phenoxy) is 1. The molecule has 92 valence electrons. The van der Waals surface area contributed by atoms with Crippen molar-refractivity contribution in [1.82, 2.24) is 0 Å². The third kappa shape index (κ3) is 3.79. The maximum absolute atomic E-state index is 11.0. The molecule has 0 atom stereocenters. The minimum absolute atomic E-state index is 0.0981. The first-order chi connectivity index (χ1) is 8.04. The third-order valence-corrected chi connectivity index (χ3v) is 2.30. The Bertz CT molecular complexity index is 430. The van der Waals surface area contributed by atoms with Crippen molar-refractivity contribution in [3.63, 3.8) is 0 Å². The van der Waals surface area contributed by atoms with Crippen LogP contribution in [0.25, 0.3) is 0 Å². The summed E-state index contributed by atoms with van der Waals surface area (Å²) in [6.07, 6.45) is 0. The predicted molar refractivity (Wildman–Crippen MR) is 66.0 cm³/mol. The molecule has 17 heavy (non-hydrogen) atoms. The molecule has 1 aromatic carbocycles. The zero-order valence-electron chi connectivity index (χ0n) is 10.2. The monoisotopic (exact) mass is 236 g/mol. The van der Waals surface area contributed by atoms with Gasteiger partial charge in [0, 0.05) is 18.3 Å². The summed E-state index contributed by atoms with van der Waals surface area (Å²) in [5.41, 5.74) is 2.40. The number of carbonyl (C=O) groups is 2. The molecular formula is C12H16N2O3. The van der Waals surface area contributed by atoms with E-state index in [1.807, 2.05) is 13.0 Å². The highest BCUT2D eigenvalue weighted by atomic mass is 16.5. The number of methoxy groups -OCH3 is 1. The van der Waals surface area contributed by atoms with E-state index in [1.165, 1.54) is 14.0 Å². The van der Waals surface area contributed by atoms with Crippen LogP contribution in [0, 0.1) is 6.92 Å². The molecule has 2 N–H and O–H groups in total. The lowest BCUT2D eigenvalue weighted by molar-refractivity contribution is -0.138. The summed E-state index contributed by atoms with van der Waals surface area (Å²) in [5, 5.41) is 5.67. The van der Waals surface area contributed by atoms with Crippen LogP contribution in [0.5, 0.6) is 0 Å². The van der Waals surface area contributed by atoms with Crippen LogP contribution in [0.4, 0.5) is 11.4 Å². The molecule has 0 aromatic heterocycles. The van der Waals surface area contributed by atoms with Crippen molar-refractivity contribution in [3.8, 4) is 0 Å². The Morgan fingerprint density at radius 3 is 2.53 bits per heavy atom. The number of benzene rings is 1. The van der Waals surface area contributed by atoms with E-state index < -0.39 is 0 Å². The fourth-order valence-corrected chi connectivity index (χ4v) is 1.39. The average molecular weight is 236 g/mol. The van der Waals surface area contributed by atoms with Gasteiger partial charge < -0.3 is 15.4 Å². The number of anilines is 2. The van der Waals surface area contributed by atoms with Gasteiger partial charge in [-0.2, -0.15) is 0 Å². The lowest BCUT2D eigenvalue weighted by Crippen LogP contribution is -2.16. The van der Waals surface area contributed by atoms with E-state index in [2.05, 4.69) is 15.4 Å². The van der Waals surface area contributed by atoms with Crippen LogP contribution >= 0.6 is 0 Å². The number of hydrogen-bond donors (Lipinski definition) is 2. The number of esters is 1. The van der Waals surface area contributed by atoms with Gasteiger partial charge in [0.15, 0.2) is 0 Å². The second-order valence-electron chi connectivity index (χ2n) is 3.59. The molecule has 0 bridgehead atoms. The molecule has 0 aliphatic rings. The quantitative estimate of drug-likeness (QED) is 0.778. The highest BCUT2D eigenvalue weighted by molar-refractivity contribution is 5.90. The second-order valence-corrected chi connectivity index (χ2v) is 3.59. The summed E-state index contributed by atoms with van der Waals surface area (Å²) in [5.74, 6) is -0.465. The summed E-state index contributed by atoms with van der Waals surface area (Å²) in [6.45, 7) is 3.42. The molecule has 0 aliphatic carbocycles. The SMILES string of the molecule is COC(=O)CNc1cccc(NC(C)=O)c1C. The highest BCUT2D eigenvalue weighted by Crippen LogP contribution is 2.22. The van der Waals surface area contributed by atoms with Crippen molar-refractivity contribution in [3.05, 3.63) is 23.8 Å². The maximum atomic E-state index is 11.0. The standard InChI is InChI=1S/C12H16N2O3/c1-8-10(13-7-12(16)17-3)5-4-6-11(8)14-9(2)15/h4-6,13H,7H2,1-3H3,(H,14,15). The van der Waals surface area contributed by atoms with Gasteiger partial charge >= 0.3 is 5.97 Å². The highest BCUT2D eigenvalue weighted by Gasteiger charge is 2.06. The van der Waals surface area contributed by atoms with Crippen molar-refractivity contribution < 1.29 is 14.3 Å². The topological polar surface area (TPSA) is 67.4 Å². The molecule has 0 saturated heterocycles. The summed E-state index contributed by atoms with van der Waals surface area (Å²) in [7, 11) is 1.34. The van der Waals surface area contributed by atoms with Crippen molar-refractivity contribution in [2.75, 3.05) is 24.3 Å². The van der Waals surface area contributed by atoms with Crippen molar-refractivity contribution in [2.24, 2.45) is 0 Å². The molecule has 0 fully saturated rings. The van der Waals surface area contributed by atoms with E-state index in [9.17, 15) is 9.59 Å². The van der Waals surface area contributed by atoms with Gasteiger partial charge in [0.2, 0.25) is 5.91 Å². The minimum atomic E-state index is -0.339. The molecule has 5 nitrogen and oxygen atoms in total. The molecule has 1 amide bonds. The van der Waals surface area contributed by atoms with Gasteiger partial charge in [-0.1, -0.05) is 6.07 Å². The lowest BCUT2D eigenvalue weighted by atomic mass is 10.1. The lowest BCUT2D eigenvalue weighted by Gasteiger charge is -2.12. The number of nitrogens with one attached hydrogen (secondary N) is 2. The Kier molecular flexibility index (Phi) is 4.51. The van der Waals surface area contributed by atoms with Gasteiger partial charge in [-0.3, -0.25) is 9.59 Å². The van der Waals surface area contributed by atoms with Gasteiger partial charge in [-0.05, 0) is 24.6 Å². The molecule has 5 heteroatoms. The van der Waals surface area contributed by atoms with E-state index in [1.54, 1.807) is 12.1 Å². The number of amides is 1. The van der Waals surface area contributed by atoms with Crippen LogP contribution in [0.15, 0.2) is 18.2 Å². The fraction of sp³-hybridized carbons (Fsp3) is 0.333. The summed E-state index contributed by atoms with van der Waals surface area (Å²) >= 11 is 0. The third-order valence-electron chi connectivity index (χ3n) is 2.30. The van der Waals surface area contributed by atoms with Crippen LogP contribution in [-0.2, 0) is 14.3 Å². The van der Waals surface area contributed by atoms with E-state index in [0.717, 1.165) is 16.9 Å². The van der Waals surface area contributed by atoms with E-state index in [0.29, 0.717) is 0 Å². The van der Waals surface area contributed by atoms with Crippen LogP contribution < -0.4 is 10.6 Å². The van der Waals surface area contributed by atoms with Crippen LogP contribution in [0.3, 0.4) is 0 Å². The number of carbonyl (C=O) groups excluding carboxylic acids is 2. The average Bonchev–Trinajstić information content (AvgIpc) is 2.29.